The molecule has 1 aromatic heterocycles. The van der Waals surface area contributed by atoms with Gasteiger partial charge in [-0.25, -0.2) is 0 Å². The summed E-state index contributed by atoms with van der Waals surface area (Å²) in [5, 5.41) is 9.86. The molecule has 112 valence electrons. The van der Waals surface area contributed by atoms with Gasteiger partial charge in [-0.15, -0.1) is 10.2 Å². The van der Waals surface area contributed by atoms with Gasteiger partial charge in [0.25, 0.3) is 0 Å². The standard InChI is InChI=1S/C14H17ClN4OS/c1-4-19-13(10-5-7-11(15)8-6-10)16-17-14(19)21-9-12(20)18(2)3/h5-8H,4,9H2,1-3H3. The highest BCUT2D eigenvalue weighted by Crippen LogP contribution is 2.25. The van der Waals surface area contributed by atoms with Crippen LogP contribution in [0.3, 0.4) is 0 Å². The van der Waals surface area contributed by atoms with Crippen LogP contribution in [0.4, 0.5) is 0 Å². The Bertz CT molecular complexity index is 624. The molecular weight excluding hydrogens is 308 g/mol. The van der Waals surface area contributed by atoms with Crippen LogP contribution in [0.5, 0.6) is 0 Å². The zero-order valence-electron chi connectivity index (χ0n) is 12.2. The molecule has 0 unspecified atom stereocenters. The van der Waals surface area contributed by atoms with Crippen molar-refractivity contribution in [1.29, 1.82) is 0 Å². The molecule has 0 atom stereocenters. The molecule has 0 bridgehead atoms. The molecule has 5 nitrogen and oxygen atoms in total. The third kappa shape index (κ3) is 3.77. The highest BCUT2D eigenvalue weighted by molar-refractivity contribution is 7.99. The number of benzene rings is 1. The summed E-state index contributed by atoms with van der Waals surface area (Å²) < 4.78 is 2.00. The van der Waals surface area contributed by atoms with Gasteiger partial charge in [0.15, 0.2) is 11.0 Å². The van der Waals surface area contributed by atoms with E-state index >= 15 is 0 Å². The molecule has 21 heavy (non-hydrogen) atoms. The van der Waals surface area contributed by atoms with Crippen LogP contribution < -0.4 is 0 Å². The lowest BCUT2D eigenvalue weighted by Gasteiger charge is -2.10. The molecule has 0 fully saturated rings. The van der Waals surface area contributed by atoms with Gasteiger partial charge < -0.3 is 9.47 Å². The number of nitrogens with zero attached hydrogens (tertiary/aromatic N) is 4. The van der Waals surface area contributed by atoms with Crippen molar-refractivity contribution < 1.29 is 4.79 Å². The first-order valence-corrected chi connectivity index (χ1v) is 7.91. The predicted octanol–water partition coefficient (Wildman–Crippen LogP) is 2.80. The summed E-state index contributed by atoms with van der Waals surface area (Å²) in [7, 11) is 3.49. The Hall–Kier alpha value is -1.53. The fraction of sp³-hybridized carbons (Fsp3) is 0.357. The molecule has 2 aromatic rings. The Balaban J connectivity index is 2.22. The minimum absolute atomic E-state index is 0.0543. The van der Waals surface area contributed by atoms with Crippen LogP contribution in [0.1, 0.15) is 6.92 Å². The maximum Gasteiger partial charge on any atom is 0.232 e. The zero-order valence-corrected chi connectivity index (χ0v) is 13.8. The van der Waals surface area contributed by atoms with E-state index in [0.717, 1.165) is 23.1 Å². The van der Waals surface area contributed by atoms with Gasteiger partial charge in [-0.2, -0.15) is 0 Å². The highest BCUT2D eigenvalue weighted by atomic mass is 35.5. The molecule has 0 saturated carbocycles. The molecule has 0 radical (unpaired) electrons. The summed E-state index contributed by atoms with van der Waals surface area (Å²) in [5.74, 6) is 1.19. The number of thioether (sulfide) groups is 1. The number of carbonyl (C=O) groups is 1. The lowest BCUT2D eigenvalue weighted by Crippen LogP contribution is -2.23. The second-order valence-electron chi connectivity index (χ2n) is 4.63. The van der Waals surface area contributed by atoms with Gasteiger partial charge >= 0.3 is 0 Å². The van der Waals surface area contributed by atoms with Gasteiger partial charge in [0.2, 0.25) is 5.91 Å². The quantitative estimate of drug-likeness (QED) is 0.794. The largest absolute Gasteiger partial charge is 0.348 e. The van der Waals surface area contributed by atoms with Gasteiger partial charge in [-0.1, -0.05) is 23.4 Å². The monoisotopic (exact) mass is 324 g/mol. The van der Waals surface area contributed by atoms with Gasteiger partial charge in [-0.05, 0) is 31.2 Å². The van der Waals surface area contributed by atoms with Crippen LogP contribution in [0, 0.1) is 0 Å². The van der Waals surface area contributed by atoms with Crippen LogP contribution in [-0.2, 0) is 11.3 Å². The molecule has 7 heteroatoms. The van der Waals surface area contributed by atoms with Crippen molar-refractivity contribution in [3.8, 4) is 11.4 Å². The van der Waals surface area contributed by atoms with Crippen LogP contribution >= 0.6 is 23.4 Å². The maximum absolute atomic E-state index is 11.7. The average molecular weight is 325 g/mol. The molecule has 0 aliphatic rings. The van der Waals surface area contributed by atoms with E-state index in [1.807, 2.05) is 35.8 Å². The van der Waals surface area contributed by atoms with Gasteiger partial charge in [-0.3, -0.25) is 4.79 Å². The SMILES string of the molecule is CCn1c(SCC(=O)N(C)C)nnc1-c1ccc(Cl)cc1. The van der Waals surface area contributed by atoms with Crippen LogP contribution in [0.15, 0.2) is 29.4 Å². The molecule has 2 rings (SSSR count). The third-order valence-corrected chi connectivity index (χ3v) is 4.16. The predicted molar refractivity (Wildman–Crippen MR) is 85.6 cm³/mol. The topological polar surface area (TPSA) is 51.0 Å². The van der Waals surface area contributed by atoms with Crippen LogP contribution in [0.25, 0.3) is 11.4 Å². The van der Waals surface area contributed by atoms with E-state index in [2.05, 4.69) is 10.2 Å². The molecular formula is C14H17ClN4OS. The zero-order chi connectivity index (χ0) is 15.4. The van der Waals surface area contributed by atoms with E-state index in [9.17, 15) is 4.79 Å². The first-order chi connectivity index (χ1) is 10.0. The van der Waals surface area contributed by atoms with Crippen molar-refractivity contribution in [3.05, 3.63) is 29.3 Å². The first-order valence-electron chi connectivity index (χ1n) is 6.55. The average Bonchev–Trinajstić information content (AvgIpc) is 2.88. The van der Waals surface area contributed by atoms with Crippen LogP contribution in [0.2, 0.25) is 5.02 Å². The summed E-state index contributed by atoms with van der Waals surface area (Å²) in [6.45, 7) is 2.77. The Morgan fingerprint density at radius 2 is 1.95 bits per heavy atom. The summed E-state index contributed by atoms with van der Waals surface area (Å²) >= 11 is 7.30. The van der Waals surface area contributed by atoms with Crippen molar-refractivity contribution in [2.45, 2.75) is 18.6 Å². The van der Waals surface area contributed by atoms with Crippen molar-refractivity contribution >= 4 is 29.3 Å². The number of hydrogen-bond donors (Lipinski definition) is 0. The Labute approximate surface area is 133 Å². The van der Waals surface area contributed by atoms with Crippen molar-refractivity contribution in [3.63, 3.8) is 0 Å². The molecule has 0 spiro atoms. The number of rotatable bonds is 5. The van der Waals surface area contributed by atoms with Gasteiger partial charge in [0.05, 0.1) is 5.75 Å². The maximum atomic E-state index is 11.7. The molecule has 1 amide bonds. The van der Waals surface area contributed by atoms with E-state index in [1.165, 1.54) is 11.8 Å². The molecule has 0 aliphatic carbocycles. The number of aromatic nitrogens is 3. The van der Waals surface area contributed by atoms with E-state index in [0.29, 0.717) is 10.8 Å². The minimum atomic E-state index is 0.0543. The van der Waals surface area contributed by atoms with Crippen molar-refractivity contribution in [2.24, 2.45) is 0 Å². The van der Waals surface area contributed by atoms with Gasteiger partial charge in [0.1, 0.15) is 0 Å². The second-order valence-corrected chi connectivity index (χ2v) is 6.01. The number of amides is 1. The van der Waals surface area contributed by atoms with Crippen molar-refractivity contribution in [1.82, 2.24) is 19.7 Å². The molecule has 0 saturated heterocycles. The van der Waals surface area contributed by atoms with E-state index in [-0.39, 0.29) is 5.91 Å². The fourth-order valence-corrected chi connectivity index (χ4v) is 2.86. The molecule has 0 aliphatic heterocycles. The normalized spacial score (nSPS) is 10.7. The minimum Gasteiger partial charge on any atom is -0.348 e. The lowest BCUT2D eigenvalue weighted by atomic mass is 10.2. The first kappa shape index (κ1) is 15.9. The summed E-state index contributed by atoms with van der Waals surface area (Å²) in [5.41, 5.74) is 0.958. The number of halogens is 1. The molecule has 0 N–H and O–H groups in total. The summed E-state index contributed by atoms with van der Waals surface area (Å²) in [6, 6.07) is 7.48. The molecule has 1 aromatic carbocycles. The fourth-order valence-electron chi connectivity index (χ4n) is 1.75. The summed E-state index contributed by atoms with van der Waals surface area (Å²) in [4.78, 5) is 13.2. The highest BCUT2D eigenvalue weighted by Gasteiger charge is 2.15. The summed E-state index contributed by atoms with van der Waals surface area (Å²) in [6.07, 6.45) is 0. The smallest absolute Gasteiger partial charge is 0.232 e. The van der Waals surface area contributed by atoms with Crippen molar-refractivity contribution in [2.75, 3.05) is 19.8 Å². The van der Waals surface area contributed by atoms with E-state index in [1.54, 1.807) is 19.0 Å². The lowest BCUT2D eigenvalue weighted by molar-refractivity contribution is -0.125. The van der Waals surface area contributed by atoms with E-state index < -0.39 is 0 Å². The Kier molecular flexibility index (Phi) is 5.25. The second kappa shape index (κ2) is 6.95. The van der Waals surface area contributed by atoms with Crippen LogP contribution in [-0.4, -0.2) is 45.4 Å². The Morgan fingerprint density at radius 3 is 2.52 bits per heavy atom. The number of hydrogen-bond acceptors (Lipinski definition) is 4. The third-order valence-electron chi connectivity index (χ3n) is 2.96. The number of carbonyl (C=O) groups excluding carboxylic acids is 1. The van der Waals surface area contributed by atoms with Gasteiger partial charge in [0, 0.05) is 31.2 Å². The Morgan fingerprint density at radius 1 is 1.29 bits per heavy atom. The molecule has 1 heterocycles. The van der Waals surface area contributed by atoms with E-state index in [4.69, 9.17) is 11.6 Å².